The number of anilines is 1. The van der Waals surface area contributed by atoms with Crippen molar-refractivity contribution in [3.63, 3.8) is 0 Å². The van der Waals surface area contributed by atoms with Crippen molar-refractivity contribution < 1.29 is 14.3 Å². The van der Waals surface area contributed by atoms with Crippen LogP contribution in [0.1, 0.15) is 31.2 Å². The van der Waals surface area contributed by atoms with Gasteiger partial charge in [0.1, 0.15) is 5.82 Å². The normalized spacial score (nSPS) is 20.6. The van der Waals surface area contributed by atoms with Crippen LogP contribution in [0.2, 0.25) is 0 Å². The quantitative estimate of drug-likeness (QED) is 0.387. The predicted octanol–water partition coefficient (Wildman–Crippen LogP) is 5.07. The molecule has 0 radical (unpaired) electrons. The van der Waals surface area contributed by atoms with Crippen molar-refractivity contribution in [2.75, 3.05) is 58.4 Å². The van der Waals surface area contributed by atoms with Crippen LogP contribution in [0, 0.1) is 11.8 Å². The summed E-state index contributed by atoms with van der Waals surface area (Å²) in [4.78, 5) is 17.7. The SMILES string of the molecule is COc1cccc(C=CC(=O)NC[C@@H]2CCCC[C@@H]2CN2CCN(c3nsc4ccccc34)CC2)c1OC. The van der Waals surface area contributed by atoms with Crippen molar-refractivity contribution in [3.8, 4) is 11.5 Å². The Balaban J connectivity index is 1.12. The average Bonchev–Trinajstić information content (AvgIpc) is 3.40. The summed E-state index contributed by atoms with van der Waals surface area (Å²) in [6, 6.07) is 14.2. The van der Waals surface area contributed by atoms with Crippen molar-refractivity contribution in [2.24, 2.45) is 11.8 Å². The smallest absolute Gasteiger partial charge is 0.244 e. The maximum atomic E-state index is 12.7. The molecule has 202 valence electrons. The van der Waals surface area contributed by atoms with Gasteiger partial charge in [0.05, 0.1) is 18.9 Å². The number of methoxy groups -OCH3 is 2. The molecule has 7 nitrogen and oxygen atoms in total. The number of fused-ring (bicyclic) bond motifs is 1. The third kappa shape index (κ3) is 6.13. The first-order valence-corrected chi connectivity index (χ1v) is 14.4. The highest BCUT2D eigenvalue weighted by Crippen LogP contribution is 2.33. The van der Waals surface area contributed by atoms with Crippen LogP contribution in [0.5, 0.6) is 11.5 Å². The average molecular weight is 535 g/mol. The molecule has 1 saturated heterocycles. The summed E-state index contributed by atoms with van der Waals surface area (Å²) in [5, 5.41) is 4.44. The van der Waals surface area contributed by atoms with Gasteiger partial charge in [-0.05, 0) is 60.5 Å². The fourth-order valence-corrected chi connectivity index (χ4v) is 6.66. The van der Waals surface area contributed by atoms with E-state index < -0.39 is 0 Å². The first-order valence-electron chi connectivity index (χ1n) is 13.6. The van der Waals surface area contributed by atoms with Gasteiger partial charge in [0.15, 0.2) is 11.5 Å². The number of para-hydroxylation sites is 1. The van der Waals surface area contributed by atoms with E-state index in [0.29, 0.717) is 23.3 Å². The second-order valence-electron chi connectivity index (χ2n) is 10.3. The lowest BCUT2D eigenvalue weighted by atomic mass is 9.78. The van der Waals surface area contributed by atoms with Crippen molar-refractivity contribution in [2.45, 2.75) is 25.7 Å². The maximum Gasteiger partial charge on any atom is 0.244 e. The summed E-state index contributed by atoms with van der Waals surface area (Å²) in [6.45, 7) is 6.00. The second-order valence-corrected chi connectivity index (χ2v) is 11.1. The third-order valence-corrected chi connectivity index (χ3v) is 8.79. The number of piperazine rings is 1. The van der Waals surface area contributed by atoms with E-state index in [1.54, 1.807) is 37.9 Å². The van der Waals surface area contributed by atoms with Crippen molar-refractivity contribution >= 4 is 39.4 Å². The molecule has 8 heteroatoms. The van der Waals surface area contributed by atoms with Gasteiger partial charge in [0.2, 0.25) is 5.91 Å². The molecule has 2 aromatic carbocycles. The Kier molecular flexibility index (Phi) is 8.81. The molecule has 3 aromatic rings. The van der Waals surface area contributed by atoms with Gasteiger partial charge in [0, 0.05) is 56.3 Å². The Labute approximate surface area is 229 Å². The molecule has 0 unspecified atom stereocenters. The minimum atomic E-state index is -0.0664. The number of amides is 1. The Morgan fingerprint density at radius 1 is 1.03 bits per heavy atom. The number of carbonyl (C=O) groups excluding carboxylic acids is 1. The van der Waals surface area contributed by atoms with E-state index in [2.05, 4.69) is 39.4 Å². The third-order valence-electron chi connectivity index (χ3n) is 7.98. The lowest BCUT2D eigenvalue weighted by Gasteiger charge is -2.40. The summed E-state index contributed by atoms with van der Waals surface area (Å²) in [7, 11) is 3.22. The van der Waals surface area contributed by atoms with Crippen LogP contribution in [-0.4, -0.2) is 68.7 Å². The van der Waals surface area contributed by atoms with Crippen LogP contribution in [0.4, 0.5) is 5.82 Å². The predicted molar refractivity (Wildman–Crippen MR) is 155 cm³/mol. The molecule has 2 heterocycles. The molecule has 2 aliphatic rings. The first kappa shape index (κ1) is 26.5. The Bertz CT molecular complexity index is 1250. The highest BCUT2D eigenvalue weighted by molar-refractivity contribution is 7.13. The molecule has 5 rings (SSSR count). The number of benzene rings is 2. The molecule has 1 saturated carbocycles. The zero-order chi connectivity index (χ0) is 26.3. The van der Waals surface area contributed by atoms with Crippen molar-refractivity contribution in [1.29, 1.82) is 0 Å². The van der Waals surface area contributed by atoms with E-state index in [1.807, 2.05) is 18.2 Å². The number of aromatic nitrogens is 1. The second kappa shape index (κ2) is 12.6. The van der Waals surface area contributed by atoms with Crippen LogP contribution in [0.3, 0.4) is 0 Å². The lowest BCUT2D eigenvalue weighted by Crippen LogP contribution is -2.49. The summed E-state index contributed by atoms with van der Waals surface area (Å²) < 4.78 is 16.8. The first-order chi connectivity index (χ1) is 18.7. The van der Waals surface area contributed by atoms with Crippen molar-refractivity contribution in [1.82, 2.24) is 14.6 Å². The Hall–Kier alpha value is -3.10. The van der Waals surface area contributed by atoms with Crippen LogP contribution in [0.25, 0.3) is 16.2 Å². The minimum Gasteiger partial charge on any atom is -0.493 e. The molecule has 38 heavy (non-hydrogen) atoms. The molecule has 1 aromatic heterocycles. The van der Waals surface area contributed by atoms with E-state index in [-0.39, 0.29) is 5.91 Å². The molecule has 2 atom stereocenters. The van der Waals surface area contributed by atoms with Crippen LogP contribution in [-0.2, 0) is 4.79 Å². The molecular weight excluding hydrogens is 496 g/mol. The number of rotatable bonds is 9. The number of hydrogen-bond donors (Lipinski definition) is 1. The molecule has 0 spiro atoms. The van der Waals surface area contributed by atoms with E-state index in [0.717, 1.165) is 50.6 Å². The van der Waals surface area contributed by atoms with E-state index in [9.17, 15) is 4.79 Å². The van der Waals surface area contributed by atoms with E-state index in [1.165, 1.54) is 35.8 Å². The summed E-state index contributed by atoms with van der Waals surface area (Å²) >= 11 is 1.59. The lowest BCUT2D eigenvalue weighted by molar-refractivity contribution is -0.116. The summed E-state index contributed by atoms with van der Waals surface area (Å²) in [5.74, 6) is 3.51. The van der Waals surface area contributed by atoms with Crippen LogP contribution >= 0.6 is 11.5 Å². The fraction of sp³-hybridized carbons (Fsp3) is 0.467. The fourth-order valence-electron chi connectivity index (χ4n) is 5.87. The number of nitrogens with zero attached hydrogens (tertiary/aromatic N) is 3. The van der Waals surface area contributed by atoms with Crippen LogP contribution in [0.15, 0.2) is 48.5 Å². The maximum absolute atomic E-state index is 12.7. The Morgan fingerprint density at radius 3 is 2.61 bits per heavy atom. The molecule has 0 bridgehead atoms. The Morgan fingerprint density at radius 2 is 1.82 bits per heavy atom. The van der Waals surface area contributed by atoms with Gasteiger partial charge in [-0.3, -0.25) is 9.69 Å². The highest BCUT2D eigenvalue weighted by Gasteiger charge is 2.29. The van der Waals surface area contributed by atoms with Crippen molar-refractivity contribution in [3.05, 3.63) is 54.1 Å². The highest BCUT2D eigenvalue weighted by atomic mass is 32.1. The largest absolute Gasteiger partial charge is 0.493 e. The van der Waals surface area contributed by atoms with Gasteiger partial charge in [-0.15, -0.1) is 0 Å². The standard InChI is InChI=1S/C30H38N4O3S/c1-36-26-12-7-10-22(29(26)37-2)14-15-28(35)31-20-23-8-3-4-9-24(23)21-33-16-18-34(19-17-33)30-25-11-5-6-13-27(25)38-32-30/h5-7,10-15,23-24H,3-4,8-9,16-21H2,1-2H3,(H,31,35)/t23-,24+/m0/s1. The number of hydrogen-bond acceptors (Lipinski definition) is 7. The molecule has 1 N–H and O–H groups in total. The molecule has 1 amide bonds. The number of ether oxygens (including phenoxy) is 2. The zero-order valence-corrected chi connectivity index (χ0v) is 23.2. The monoisotopic (exact) mass is 534 g/mol. The van der Waals surface area contributed by atoms with Gasteiger partial charge < -0.3 is 19.7 Å². The molecular formula is C30H38N4O3S. The zero-order valence-electron chi connectivity index (χ0n) is 22.4. The van der Waals surface area contributed by atoms with Gasteiger partial charge >= 0.3 is 0 Å². The topological polar surface area (TPSA) is 66.9 Å². The molecule has 1 aliphatic carbocycles. The van der Waals surface area contributed by atoms with Gasteiger partial charge in [0.25, 0.3) is 0 Å². The number of carbonyl (C=O) groups is 1. The van der Waals surface area contributed by atoms with Gasteiger partial charge in [-0.25, -0.2) is 0 Å². The van der Waals surface area contributed by atoms with E-state index >= 15 is 0 Å². The van der Waals surface area contributed by atoms with Crippen LogP contribution < -0.4 is 19.7 Å². The van der Waals surface area contributed by atoms with Gasteiger partial charge in [-0.1, -0.05) is 37.1 Å². The summed E-state index contributed by atoms with van der Waals surface area (Å²) in [6.07, 6.45) is 8.35. The van der Waals surface area contributed by atoms with E-state index in [4.69, 9.17) is 13.8 Å². The van der Waals surface area contributed by atoms with Gasteiger partial charge in [-0.2, -0.15) is 4.37 Å². The molecule has 1 aliphatic heterocycles. The molecule has 2 fully saturated rings. The summed E-state index contributed by atoms with van der Waals surface area (Å²) in [5.41, 5.74) is 0.822. The number of nitrogens with one attached hydrogen (secondary N) is 1. The minimum absolute atomic E-state index is 0.0664.